The van der Waals surface area contributed by atoms with Crippen LogP contribution in [0.2, 0.25) is 0 Å². The number of hydrogen-bond acceptors (Lipinski definition) is 1. The maximum Gasteiger partial charge on any atom is 0.329 e. The van der Waals surface area contributed by atoms with E-state index in [1.807, 2.05) is 30.3 Å². The molecule has 0 saturated heterocycles. The highest BCUT2D eigenvalue weighted by Gasteiger charge is 2.16. The Balaban J connectivity index is 1.64. The van der Waals surface area contributed by atoms with E-state index in [2.05, 4.69) is 71.7 Å². The van der Waals surface area contributed by atoms with Gasteiger partial charge >= 0.3 is 5.65 Å². The van der Waals surface area contributed by atoms with E-state index in [1.54, 1.807) is 0 Å². The van der Waals surface area contributed by atoms with Gasteiger partial charge in [0.25, 0.3) is 0 Å². The average molecular weight is 343 g/mol. The maximum absolute atomic E-state index is 6.14. The van der Waals surface area contributed by atoms with Crippen molar-refractivity contribution in [3.05, 3.63) is 102 Å². The number of imidazole rings is 1. The molecule has 2 aromatic heterocycles. The van der Waals surface area contributed by atoms with Crippen LogP contribution in [0.1, 0.15) is 22.3 Å². The summed E-state index contributed by atoms with van der Waals surface area (Å²) in [5.74, 6) is 0.894. The summed E-state index contributed by atoms with van der Waals surface area (Å²) in [5, 5.41) is 0. The van der Waals surface area contributed by atoms with Crippen molar-refractivity contribution in [3.8, 4) is 5.75 Å². The molecule has 0 amide bonds. The smallest absolute Gasteiger partial charge is 0.329 e. The van der Waals surface area contributed by atoms with Crippen molar-refractivity contribution in [2.75, 3.05) is 0 Å². The lowest BCUT2D eigenvalue weighted by Gasteiger charge is -2.07. The molecule has 0 saturated carbocycles. The number of nitrogens with zero attached hydrogens (tertiary/aromatic N) is 2. The molecule has 26 heavy (non-hydrogen) atoms. The molecule has 3 nitrogen and oxygen atoms in total. The number of rotatable bonds is 5. The SMILES string of the molecule is Cc1ccc(C[n+]2ccn3cccc(OCc4ccccc4)c32)cc1C. The number of aryl methyl sites for hydroxylation is 2. The molecule has 4 aromatic rings. The first-order chi connectivity index (χ1) is 12.7. The molecule has 0 spiro atoms. The van der Waals surface area contributed by atoms with Crippen LogP contribution in [-0.4, -0.2) is 4.40 Å². The monoisotopic (exact) mass is 343 g/mol. The van der Waals surface area contributed by atoms with Crippen LogP contribution in [0.3, 0.4) is 0 Å². The van der Waals surface area contributed by atoms with Gasteiger partial charge in [0.1, 0.15) is 25.5 Å². The van der Waals surface area contributed by atoms with E-state index in [-0.39, 0.29) is 0 Å². The van der Waals surface area contributed by atoms with Gasteiger partial charge in [-0.3, -0.25) is 0 Å². The third kappa shape index (κ3) is 3.33. The normalized spacial score (nSPS) is 11.0. The topological polar surface area (TPSA) is 17.5 Å². The average Bonchev–Trinajstić information content (AvgIpc) is 3.07. The van der Waals surface area contributed by atoms with Crippen molar-refractivity contribution in [3.63, 3.8) is 0 Å². The van der Waals surface area contributed by atoms with E-state index in [9.17, 15) is 0 Å². The van der Waals surface area contributed by atoms with Crippen molar-refractivity contribution in [1.29, 1.82) is 0 Å². The lowest BCUT2D eigenvalue weighted by Crippen LogP contribution is -2.33. The zero-order chi connectivity index (χ0) is 17.9. The summed E-state index contributed by atoms with van der Waals surface area (Å²) in [7, 11) is 0. The van der Waals surface area contributed by atoms with Gasteiger partial charge in [-0.15, -0.1) is 0 Å². The largest absolute Gasteiger partial charge is 0.481 e. The first-order valence-electron chi connectivity index (χ1n) is 8.93. The summed E-state index contributed by atoms with van der Waals surface area (Å²) in [6.07, 6.45) is 6.24. The Morgan fingerprint density at radius 3 is 2.50 bits per heavy atom. The molecule has 2 heterocycles. The van der Waals surface area contributed by atoms with E-state index < -0.39 is 0 Å². The Morgan fingerprint density at radius 1 is 0.846 bits per heavy atom. The Labute approximate surface area is 154 Å². The summed E-state index contributed by atoms with van der Waals surface area (Å²) in [6.45, 7) is 5.70. The summed E-state index contributed by atoms with van der Waals surface area (Å²) < 4.78 is 10.5. The molecule has 0 aliphatic heterocycles. The Hall–Kier alpha value is -3.07. The standard InChI is InChI=1S/C23H23N2O/c1-18-10-11-21(15-19(18)2)16-25-14-13-24-12-6-9-22(23(24)25)26-17-20-7-4-3-5-8-20/h3-15H,16-17H2,1-2H3/q+1. The molecule has 3 heteroatoms. The second-order valence-electron chi connectivity index (χ2n) is 6.72. The summed E-state index contributed by atoms with van der Waals surface area (Å²) >= 11 is 0. The Bertz CT molecular complexity index is 1030. The van der Waals surface area contributed by atoms with Crippen LogP contribution >= 0.6 is 0 Å². The number of benzene rings is 2. The van der Waals surface area contributed by atoms with Crippen molar-refractivity contribution >= 4 is 5.65 Å². The molecule has 0 atom stereocenters. The van der Waals surface area contributed by atoms with Gasteiger partial charge < -0.3 is 4.74 Å². The molecule has 0 N–H and O–H groups in total. The maximum atomic E-state index is 6.14. The van der Waals surface area contributed by atoms with Gasteiger partial charge in [0.2, 0.25) is 5.75 Å². The first kappa shape index (κ1) is 16.4. The number of hydrogen-bond donors (Lipinski definition) is 0. The summed E-state index contributed by atoms with van der Waals surface area (Å²) in [6, 6.07) is 21.0. The molecule has 0 aliphatic rings. The second kappa shape index (κ2) is 7.04. The molecule has 0 aliphatic carbocycles. The van der Waals surface area contributed by atoms with Crippen LogP contribution in [0, 0.1) is 13.8 Å². The highest BCUT2D eigenvalue weighted by atomic mass is 16.5. The minimum atomic E-state index is 0.565. The Morgan fingerprint density at radius 2 is 1.69 bits per heavy atom. The number of fused-ring (bicyclic) bond motifs is 1. The zero-order valence-corrected chi connectivity index (χ0v) is 15.2. The van der Waals surface area contributed by atoms with Gasteiger partial charge in [-0.2, -0.15) is 4.40 Å². The fourth-order valence-corrected chi connectivity index (χ4v) is 3.20. The van der Waals surface area contributed by atoms with Crippen molar-refractivity contribution in [2.45, 2.75) is 27.0 Å². The van der Waals surface area contributed by atoms with Crippen LogP contribution in [0.25, 0.3) is 5.65 Å². The fourth-order valence-electron chi connectivity index (χ4n) is 3.20. The molecule has 4 rings (SSSR count). The van der Waals surface area contributed by atoms with Crippen LogP contribution in [0.15, 0.2) is 79.3 Å². The minimum absolute atomic E-state index is 0.565. The number of ether oxygens (including phenoxy) is 1. The number of pyridine rings is 1. The van der Waals surface area contributed by atoms with E-state index in [0.29, 0.717) is 6.61 Å². The van der Waals surface area contributed by atoms with Crippen LogP contribution < -0.4 is 9.30 Å². The Kier molecular flexibility index (Phi) is 4.44. The predicted octanol–water partition coefficient (Wildman–Crippen LogP) is 4.47. The van der Waals surface area contributed by atoms with Crippen molar-refractivity contribution in [2.24, 2.45) is 0 Å². The summed E-state index contributed by atoms with van der Waals surface area (Å²) in [4.78, 5) is 0. The zero-order valence-electron chi connectivity index (χ0n) is 15.2. The fraction of sp³-hybridized carbons (Fsp3) is 0.174. The quantitative estimate of drug-likeness (QED) is 0.489. The van der Waals surface area contributed by atoms with Gasteiger partial charge in [0, 0.05) is 0 Å². The highest BCUT2D eigenvalue weighted by molar-refractivity contribution is 5.49. The first-order valence-corrected chi connectivity index (χ1v) is 8.93. The lowest BCUT2D eigenvalue weighted by atomic mass is 10.1. The third-order valence-corrected chi connectivity index (χ3v) is 4.80. The van der Waals surface area contributed by atoms with Gasteiger partial charge in [0.05, 0.1) is 6.20 Å². The van der Waals surface area contributed by atoms with Gasteiger partial charge in [0.15, 0.2) is 0 Å². The molecule has 0 fully saturated rings. The van der Waals surface area contributed by atoms with E-state index in [1.165, 1.54) is 22.3 Å². The minimum Gasteiger partial charge on any atom is -0.481 e. The van der Waals surface area contributed by atoms with Crippen molar-refractivity contribution < 1.29 is 9.30 Å². The van der Waals surface area contributed by atoms with Crippen LogP contribution in [0.5, 0.6) is 5.75 Å². The van der Waals surface area contributed by atoms with Gasteiger partial charge in [-0.1, -0.05) is 48.5 Å². The lowest BCUT2D eigenvalue weighted by molar-refractivity contribution is -0.662. The second-order valence-corrected chi connectivity index (χ2v) is 6.72. The molecule has 2 aromatic carbocycles. The summed E-state index contributed by atoms with van der Waals surface area (Å²) in [5.41, 5.74) is 6.19. The molecular weight excluding hydrogens is 320 g/mol. The molecule has 130 valence electrons. The molecule has 0 bridgehead atoms. The number of aromatic nitrogens is 2. The van der Waals surface area contributed by atoms with Crippen molar-refractivity contribution in [1.82, 2.24) is 4.40 Å². The molecule has 0 radical (unpaired) electrons. The third-order valence-electron chi connectivity index (χ3n) is 4.80. The highest BCUT2D eigenvalue weighted by Crippen LogP contribution is 2.19. The predicted molar refractivity (Wildman–Crippen MR) is 103 cm³/mol. The van der Waals surface area contributed by atoms with E-state index in [0.717, 1.165) is 17.9 Å². The van der Waals surface area contributed by atoms with Crippen LogP contribution in [-0.2, 0) is 13.2 Å². The molecule has 0 unspecified atom stereocenters. The van der Waals surface area contributed by atoms with E-state index >= 15 is 0 Å². The van der Waals surface area contributed by atoms with Crippen LogP contribution in [0.4, 0.5) is 0 Å². The van der Waals surface area contributed by atoms with Gasteiger partial charge in [-0.05, 0) is 48.2 Å². The molecular formula is C23H23N2O+. The van der Waals surface area contributed by atoms with E-state index in [4.69, 9.17) is 4.74 Å². The van der Waals surface area contributed by atoms with Gasteiger partial charge in [-0.25, -0.2) is 4.57 Å².